The van der Waals surface area contributed by atoms with Gasteiger partial charge in [-0.1, -0.05) is 91.0 Å². The third kappa shape index (κ3) is 7.75. The Morgan fingerprint density at radius 2 is 1.00 bits per heavy atom. The lowest BCUT2D eigenvalue weighted by molar-refractivity contribution is 0.484. The minimum atomic E-state index is -4.48. The summed E-state index contributed by atoms with van der Waals surface area (Å²) in [6.45, 7) is 0. The SMILES string of the molecule is O=S(=O)(O)c1cccc2c(N=Nc3ccc(N=Nc4ccccc4)c4ccccc34)ccc(Cc3ccccc3)c12.O=S(=O)=O. The van der Waals surface area contributed by atoms with Crippen LogP contribution >= 0.6 is 0 Å². The van der Waals surface area contributed by atoms with Crippen LogP contribution in [0.25, 0.3) is 21.5 Å². The van der Waals surface area contributed by atoms with Crippen LogP contribution in [0.5, 0.6) is 0 Å². The van der Waals surface area contributed by atoms with Crippen molar-refractivity contribution in [1.82, 2.24) is 0 Å². The molecule has 0 saturated heterocycles. The molecular formula is C33H24N4O6S2. The Balaban J connectivity index is 0.000000945. The number of benzene rings is 6. The van der Waals surface area contributed by atoms with Crippen molar-refractivity contribution < 1.29 is 25.6 Å². The van der Waals surface area contributed by atoms with Gasteiger partial charge in [0.25, 0.3) is 10.1 Å². The quantitative estimate of drug-likeness (QED) is 0.137. The van der Waals surface area contributed by atoms with Gasteiger partial charge in [0.1, 0.15) is 4.90 Å². The molecule has 6 aromatic carbocycles. The lowest BCUT2D eigenvalue weighted by atomic mass is 9.97. The average Bonchev–Trinajstić information content (AvgIpc) is 3.03. The van der Waals surface area contributed by atoms with Gasteiger partial charge in [-0.05, 0) is 53.9 Å². The molecule has 10 nitrogen and oxygen atoms in total. The van der Waals surface area contributed by atoms with Gasteiger partial charge in [-0.3, -0.25) is 4.55 Å². The summed E-state index contributed by atoms with van der Waals surface area (Å²) < 4.78 is 60.1. The molecule has 224 valence electrons. The Labute approximate surface area is 260 Å². The fourth-order valence-electron chi connectivity index (χ4n) is 4.85. The first kappa shape index (κ1) is 31.0. The van der Waals surface area contributed by atoms with Crippen LogP contribution in [-0.2, 0) is 27.1 Å². The highest BCUT2D eigenvalue weighted by molar-refractivity contribution is 7.86. The molecule has 12 heteroatoms. The van der Waals surface area contributed by atoms with Crippen molar-refractivity contribution in [2.24, 2.45) is 20.5 Å². The van der Waals surface area contributed by atoms with Crippen molar-refractivity contribution in [3.8, 4) is 0 Å². The van der Waals surface area contributed by atoms with E-state index in [2.05, 4.69) is 20.5 Å². The smallest absolute Gasteiger partial charge is 0.282 e. The van der Waals surface area contributed by atoms with Gasteiger partial charge in [0.2, 0.25) is 0 Å². The van der Waals surface area contributed by atoms with Gasteiger partial charge in [0, 0.05) is 21.5 Å². The second kappa shape index (κ2) is 13.9. The Hall–Kier alpha value is -5.43. The van der Waals surface area contributed by atoms with E-state index in [0.29, 0.717) is 34.3 Å². The van der Waals surface area contributed by atoms with Gasteiger partial charge in [0.15, 0.2) is 0 Å². The lowest BCUT2D eigenvalue weighted by Gasteiger charge is -2.12. The summed E-state index contributed by atoms with van der Waals surface area (Å²) in [7, 11) is -7.59. The molecule has 6 rings (SSSR count). The molecule has 0 saturated carbocycles. The first-order valence-electron chi connectivity index (χ1n) is 13.4. The molecule has 0 aliphatic rings. The summed E-state index contributed by atoms with van der Waals surface area (Å²) in [5, 5.41) is 20.6. The Morgan fingerprint density at radius 1 is 0.533 bits per heavy atom. The van der Waals surface area contributed by atoms with Crippen LogP contribution in [0.1, 0.15) is 11.1 Å². The molecular weight excluding hydrogens is 613 g/mol. The van der Waals surface area contributed by atoms with E-state index in [0.717, 1.165) is 27.6 Å². The third-order valence-electron chi connectivity index (χ3n) is 6.75. The molecule has 0 fully saturated rings. The largest absolute Gasteiger partial charge is 0.425 e. The highest BCUT2D eigenvalue weighted by Gasteiger charge is 2.19. The normalized spacial score (nSPS) is 11.6. The van der Waals surface area contributed by atoms with Crippen LogP contribution in [0.4, 0.5) is 22.7 Å². The van der Waals surface area contributed by atoms with Gasteiger partial charge >= 0.3 is 10.6 Å². The number of fused-ring (bicyclic) bond motifs is 2. The Bertz CT molecular complexity index is 2270. The molecule has 0 unspecified atom stereocenters. The van der Waals surface area contributed by atoms with E-state index in [9.17, 15) is 13.0 Å². The standard InChI is InChI=1S/C33H24N4O3S.O3S/c38-41(39,40)32-17-9-16-28-31(19-18-24(33(28)32)22-23-10-3-1-4-11-23)37-36-30-21-20-29(26-14-7-8-15-27(26)30)35-34-25-12-5-2-6-13-25;1-4(2)3/h1-21H,22H2,(H,38,39,40);. The minimum absolute atomic E-state index is 0.156. The topological polar surface area (TPSA) is 155 Å². The first-order chi connectivity index (χ1) is 21.7. The second-order valence-electron chi connectivity index (χ2n) is 9.65. The zero-order valence-electron chi connectivity index (χ0n) is 23.4. The minimum Gasteiger partial charge on any atom is -0.282 e. The number of hydrogen-bond donors (Lipinski definition) is 1. The zero-order valence-corrected chi connectivity index (χ0v) is 25.1. The molecule has 0 aromatic heterocycles. The van der Waals surface area contributed by atoms with E-state index in [1.54, 1.807) is 12.1 Å². The highest BCUT2D eigenvalue weighted by atomic mass is 32.2. The zero-order chi connectivity index (χ0) is 31.8. The summed E-state index contributed by atoms with van der Waals surface area (Å²) in [6.07, 6.45) is 0.491. The van der Waals surface area contributed by atoms with Gasteiger partial charge < -0.3 is 0 Å². The van der Waals surface area contributed by atoms with Crippen molar-refractivity contribution in [2.45, 2.75) is 11.3 Å². The van der Waals surface area contributed by atoms with Crippen molar-refractivity contribution in [3.05, 3.63) is 139 Å². The van der Waals surface area contributed by atoms with E-state index < -0.39 is 20.7 Å². The molecule has 0 aliphatic carbocycles. The van der Waals surface area contributed by atoms with Crippen molar-refractivity contribution in [2.75, 3.05) is 0 Å². The molecule has 0 radical (unpaired) electrons. The van der Waals surface area contributed by atoms with Crippen molar-refractivity contribution in [1.29, 1.82) is 0 Å². The van der Waals surface area contributed by atoms with Crippen molar-refractivity contribution >= 4 is 65.0 Å². The van der Waals surface area contributed by atoms with Crippen LogP contribution in [0.15, 0.2) is 153 Å². The predicted octanol–water partition coefficient (Wildman–Crippen LogP) is 8.66. The molecule has 6 aromatic rings. The second-order valence-corrected chi connectivity index (χ2v) is 11.4. The highest BCUT2D eigenvalue weighted by Crippen LogP contribution is 2.38. The maximum atomic E-state index is 12.3. The van der Waals surface area contributed by atoms with E-state index in [4.69, 9.17) is 12.6 Å². The van der Waals surface area contributed by atoms with Gasteiger partial charge in [-0.25, -0.2) is 0 Å². The van der Waals surface area contributed by atoms with Gasteiger partial charge in [-0.15, -0.1) is 28.0 Å². The third-order valence-corrected chi connectivity index (χ3v) is 7.65. The summed E-state index contributed by atoms with van der Waals surface area (Å²) >= 11 is 0. The van der Waals surface area contributed by atoms with E-state index in [-0.39, 0.29) is 4.90 Å². The van der Waals surface area contributed by atoms with E-state index >= 15 is 0 Å². The van der Waals surface area contributed by atoms with Crippen molar-refractivity contribution in [3.63, 3.8) is 0 Å². The van der Waals surface area contributed by atoms with Crippen LogP contribution < -0.4 is 0 Å². The van der Waals surface area contributed by atoms with Gasteiger partial charge in [0.05, 0.1) is 22.7 Å². The van der Waals surface area contributed by atoms with Crippen LogP contribution in [0.2, 0.25) is 0 Å². The molecule has 0 heterocycles. The summed E-state index contributed by atoms with van der Waals surface area (Å²) in [6, 6.07) is 39.2. The summed E-state index contributed by atoms with van der Waals surface area (Å²) in [5.74, 6) is 0. The van der Waals surface area contributed by atoms with Gasteiger partial charge in [-0.2, -0.15) is 13.5 Å². The van der Waals surface area contributed by atoms with E-state index in [1.165, 1.54) is 6.07 Å². The molecule has 45 heavy (non-hydrogen) atoms. The molecule has 0 bridgehead atoms. The predicted molar refractivity (Wildman–Crippen MR) is 171 cm³/mol. The maximum absolute atomic E-state index is 12.3. The van der Waals surface area contributed by atoms with E-state index in [1.807, 2.05) is 109 Å². The maximum Gasteiger partial charge on any atom is 0.425 e. The van der Waals surface area contributed by atoms with Crippen LogP contribution in [0.3, 0.4) is 0 Å². The average molecular weight is 637 g/mol. The summed E-state index contributed by atoms with van der Waals surface area (Å²) in [4.78, 5) is -0.156. The number of azo groups is 2. The Morgan fingerprint density at radius 3 is 1.58 bits per heavy atom. The number of rotatable bonds is 7. The van der Waals surface area contributed by atoms with Crippen LogP contribution in [-0.4, -0.2) is 25.6 Å². The fraction of sp³-hybridized carbons (Fsp3) is 0.0303. The molecule has 0 amide bonds. The molecule has 0 spiro atoms. The number of hydrogen-bond acceptors (Lipinski definition) is 9. The molecule has 0 atom stereocenters. The fourth-order valence-corrected chi connectivity index (χ4v) is 5.60. The van der Waals surface area contributed by atoms with Crippen LogP contribution in [0, 0.1) is 0 Å². The molecule has 0 aliphatic heterocycles. The molecule has 1 N–H and O–H groups in total. The Kier molecular flexibility index (Phi) is 9.58. The first-order valence-corrected chi connectivity index (χ1v) is 15.9. The number of nitrogens with zero attached hydrogens (tertiary/aromatic N) is 4. The monoisotopic (exact) mass is 636 g/mol. The summed E-state index contributed by atoms with van der Waals surface area (Å²) in [5.41, 5.74) is 4.36. The lowest BCUT2D eigenvalue weighted by Crippen LogP contribution is -2.01.